The van der Waals surface area contributed by atoms with Crippen molar-refractivity contribution in [2.45, 2.75) is 34.2 Å². The van der Waals surface area contributed by atoms with E-state index >= 15 is 0 Å². The number of imidazole rings is 1. The van der Waals surface area contributed by atoms with E-state index in [1.165, 1.54) is 0 Å². The zero-order valence-electron chi connectivity index (χ0n) is 12.9. The normalized spacial score (nSPS) is 20.4. The molecule has 20 heavy (non-hydrogen) atoms. The molecule has 0 saturated heterocycles. The summed E-state index contributed by atoms with van der Waals surface area (Å²) in [5, 5.41) is 5.64. The monoisotopic (exact) mass is 293 g/mol. The predicted octanol–water partition coefficient (Wildman–Crippen LogP) is 3.18. The summed E-state index contributed by atoms with van der Waals surface area (Å²) < 4.78 is 7.49. The molecular weight excluding hydrogens is 270 g/mol. The Balaban J connectivity index is 1.67. The third-order valence-electron chi connectivity index (χ3n) is 5.48. The van der Waals surface area contributed by atoms with Crippen molar-refractivity contribution in [1.82, 2.24) is 14.7 Å². The summed E-state index contributed by atoms with van der Waals surface area (Å²) >= 11 is 1.63. The Labute approximate surface area is 124 Å². The van der Waals surface area contributed by atoms with Crippen molar-refractivity contribution in [3.8, 4) is 5.88 Å². The number of ether oxygens (including phenoxy) is 1. The first-order chi connectivity index (χ1) is 9.39. The molecular formula is C15H23N3OS. The van der Waals surface area contributed by atoms with E-state index in [1.54, 1.807) is 18.4 Å². The van der Waals surface area contributed by atoms with Gasteiger partial charge in [0.2, 0.25) is 5.88 Å². The van der Waals surface area contributed by atoms with Gasteiger partial charge in [-0.05, 0) is 23.3 Å². The van der Waals surface area contributed by atoms with Crippen LogP contribution >= 0.6 is 11.3 Å². The second kappa shape index (κ2) is 4.46. The van der Waals surface area contributed by atoms with Crippen LogP contribution in [-0.4, -0.2) is 23.0 Å². The van der Waals surface area contributed by atoms with Crippen LogP contribution in [0.4, 0.5) is 0 Å². The molecule has 2 aromatic rings. The molecule has 1 N–H and O–H groups in total. The number of thiazole rings is 1. The topological polar surface area (TPSA) is 38.6 Å². The van der Waals surface area contributed by atoms with Crippen LogP contribution < -0.4 is 10.1 Å². The fraction of sp³-hybridized carbons (Fsp3) is 0.667. The second-order valence-electron chi connectivity index (χ2n) is 6.75. The Kier molecular flexibility index (Phi) is 3.10. The highest BCUT2D eigenvalue weighted by Gasteiger charge is 2.63. The van der Waals surface area contributed by atoms with Gasteiger partial charge >= 0.3 is 0 Å². The summed E-state index contributed by atoms with van der Waals surface area (Å²) in [7, 11) is 1.68. The van der Waals surface area contributed by atoms with Gasteiger partial charge < -0.3 is 10.1 Å². The Morgan fingerprint density at radius 1 is 1.35 bits per heavy atom. The maximum absolute atomic E-state index is 5.38. The quantitative estimate of drug-likeness (QED) is 0.920. The van der Waals surface area contributed by atoms with Crippen LogP contribution in [0.3, 0.4) is 0 Å². The van der Waals surface area contributed by atoms with Crippen LogP contribution in [0.2, 0.25) is 0 Å². The van der Waals surface area contributed by atoms with Gasteiger partial charge in [-0.1, -0.05) is 27.7 Å². The van der Waals surface area contributed by atoms with Gasteiger partial charge in [-0.15, -0.1) is 11.3 Å². The Morgan fingerprint density at radius 3 is 2.65 bits per heavy atom. The first-order valence-electron chi connectivity index (χ1n) is 7.08. The predicted molar refractivity (Wildman–Crippen MR) is 82.4 cm³/mol. The van der Waals surface area contributed by atoms with E-state index in [1.807, 2.05) is 0 Å². The van der Waals surface area contributed by atoms with E-state index in [2.05, 4.69) is 54.0 Å². The highest BCUT2D eigenvalue weighted by molar-refractivity contribution is 7.15. The van der Waals surface area contributed by atoms with E-state index in [4.69, 9.17) is 4.74 Å². The summed E-state index contributed by atoms with van der Waals surface area (Å²) in [4.78, 5) is 5.47. The number of hydrogen-bond acceptors (Lipinski definition) is 4. The van der Waals surface area contributed by atoms with Gasteiger partial charge in [0.1, 0.15) is 5.69 Å². The molecule has 0 spiro atoms. The molecule has 3 rings (SSSR count). The number of hydrogen-bond donors (Lipinski definition) is 1. The number of fused-ring (bicyclic) bond motifs is 1. The largest absolute Gasteiger partial charge is 0.480 e. The van der Waals surface area contributed by atoms with Gasteiger partial charge in [-0.25, -0.2) is 0 Å². The lowest BCUT2D eigenvalue weighted by Crippen LogP contribution is -2.20. The smallest absolute Gasteiger partial charge is 0.237 e. The van der Waals surface area contributed by atoms with Gasteiger partial charge in [0.05, 0.1) is 7.11 Å². The summed E-state index contributed by atoms with van der Waals surface area (Å²) in [6, 6.07) is 0. The highest BCUT2D eigenvalue weighted by atomic mass is 32.1. The van der Waals surface area contributed by atoms with E-state index in [-0.39, 0.29) is 0 Å². The minimum atomic E-state index is 0.430. The summed E-state index contributed by atoms with van der Waals surface area (Å²) in [6.45, 7) is 11.3. The van der Waals surface area contributed by atoms with Gasteiger partial charge in [0, 0.05) is 18.1 Å². The average molecular weight is 293 g/mol. The van der Waals surface area contributed by atoms with Crippen molar-refractivity contribution >= 4 is 16.3 Å². The lowest BCUT2D eigenvalue weighted by molar-refractivity contribution is 0.392. The lowest BCUT2D eigenvalue weighted by Gasteiger charge is -2.07. The average Bonchev–Trinajstić information content (AvgIpc) is 2.82. The van der Waals surface area contributed by atoms with Crippen LogP contribution in [-0.2, 0) is 6.54 Å². The second-order valence-corrected chi connectivity index (χ2v) is 7.62. The zero-order chi connectivity index (χ0) is 14.5. The molecule has 1 fully saturated rings. The number of nitrogens with one attached hydrogen (secondary N) is 1. The fourth-order valence-corrected chi connectivity index (χ4v) is 4.04. The van der Waals surface area contributed by atoms with Crippen molar-refractivity contribution in [1.29, 1.82) is 0 Å². The van der Waals surface area contributed by atoms with Crippen LogP contribution in [0.1, 0.15) is 33.4 Å². The summed E-state index contributed by atoms with van der Waals surface area (Å²) in [5.74, 6) is 1.46. The maximum Gasteiger partial charge on any atom is 0.237 e. The van der Waals surface area contributed by atoms with Crippen LogP contribution in [0, 0.1) is 16.7 Å². The Bertz CT molecular complexity index is 612. The molecule has 4 nitrogen and oxygen atoms in total. The molecule has 0 unspecified atom stereocenters. The number of methoxy groups -OCH3 is 1. The highest BCUT2D eigenvalue weighted by Crippen LogP contribution is 2.67. The Hall–Kier alpha value is -1.07. The molecule has 0 atom stereocenters. The van der Waals surface area contributed by atoms with Crippen LogP contribution in [0.15, 0.2) is 11.6 Å². The minimum absolute atomic E-state index is 0.430. The van der Waals surface area contributed by atoms with Crippen molar-refractivity contribution in [3.63, 3.8) is 0 Å². The maximum atomic E-state index is 5.38. The van der Waals surface area contributed by atoms with Gasteiger partial charge in [-0.2, -0.15) is 4.98 Å². The van der Waals surface area contributed by atoms with E-state index in [0.29, 0.717) is 10.8 Å². The molecule has 110 valence electrons. The third-order valence-corrected chi connectivity index (χ3v) is 6.23. The number of nitrogens with zero attached hydrogens (tertiary/aromatic N) is 2. The zero-order valence-corrected chi connectivity index (χ0v) is 13.7. The molecule has 0 aromatic carbocycles. The van der Waals surface area contributed by atoms with Crippen molar-refractivity contribution in [3.05, 3.63) is 17.3 Å². The first kappa shape index (κ1) is 13.9. The van der Waals surface area contributed by atoms with Crippen molar-refractivity contribution < 1.29 is 4.74 Å². The lowest BCUT2D eigenvalue weighted by atomic mass is 10.0. The first-order valence-corrected chi connectivity index (χ1v) is 7.96. The third kappa shape index (κ3) is 1.87. The molecule has 5 heteroatoms. The molecule has 0 aliphatic heterocycles. The number of rotatable bonds is 5. The van der Waals surface area contributed by atoms with E-state index in [0.717, 1.165) is 35.5 Å². The molecule has 0 amide bonds. The van der Waals surface area contributed by atoms with Gasteiger partial charge in [0.15, 0.2) is 4.96 Å². The number of aromatic nitrogens is 2. The van der Waals surface area contributed by atoms with Crippen LogP contribution in [0.25, 0.3) is 4.96 Å². The SMILES string of the molecule is COc1nc2sccn2c1CNCC1C(C)(C)C1(C)C. The molecule has 1 aliphatic carbocycles. The molecule has 2 heterocycles. The molecule has 0 bridgehead atoms. The molecule has 1 aliphatic rings. The molecule has 2 aromatic heterocycles. The van der Waals surface area contributed by atoms with E-state index in [9.17, 15) is 0 Å². The van der Waals surface area contributed by atoms with Crippen LogP contribution in [0.5, 0.6) is 5.88 Å². The summed E-state index contributed by atoms with van der Waals surface area (Å²) in [6.07, 6.45) is 2.05. The minimum Gasteiger partial charge on any atom is -0.480 e. The Morgan fingerprint density at radius 2 is 2.05 bits per heavy atom. The fourth-order valence-electron chi connectivity index (χ4n) is 3.32. The standard InChI is InChI=1S/C15H23N3OS/c1-14(2)11(15(14,3)4)9-16-8-10-12(19-5)17-13-18(10)6-7-20-13/h6-7,11,16H,8-9H2,1-5H3. The van der Waals surface area contributed by atoms with Crippen molar-refractivity contribution in [2.24, 2.45) is 16.7 Å². The van der Waals surface area contributed by atoms with Gasteiger partial charge in [0.25, 0.3) is 0 Å². The molecule has 1 saturated carbocycles. The molecule has 0 radical (unpaired) electrons. The summed E-state index contributed by atoms with van der Waals surface area (Å²) in [5.41, 5.74) is 1.97. The van der Waals surface area contributed by atoms with Gasteiger partial charge in [-0.3, -0.25) is 4.40 Å². The van der Waals surface area contributed by atoms with E-state index < -0.39 is 0 Å². The van der Waals surface area contributed by atoms with Crippen molar-refractivity contribution in [2.75, 3.05) is 13.7 Å².